The highest BCUT2D eigenvalue weighted by Gasteiger charge is 2.26. The van der Waals surface area contributed by atoms with Crippen molar-refractivity contribution < 1.29 is 4.79 Å². The molecular weight excluding hydrogens is 306 g/mol. The van der Waals surface area contributed by atoms with Crippen LogP contribution in [0.4, 0.5) is 5.69 Å². The predicted molar refractivity (Wildman–Crippen MR) is 99.2 cm³/mol. The zero-order valence-corrected chi connectivity index (χ0v) is 15.3. The maximum atomic E-state index is 12.6. The van der Waals surface area contributed by atoms with E-state index >= 15 is 0 Å². The molecule has 0 radical (unpaired) electrons. The van der Waals surface area contributed by atoms with Crippen LogP contribution in [0.3, 0.4) is 0 Å². The van der Waals surface area contributed by atoms with Crippen molar-refractivity contribution in [3.63, 3.8) is 0 Å². The molecule has 1 fully saturated rings. The van der Waals surface area contributed by atoms with Gasteiger partial charge >= 0.3 is 0 Å². The number of likely N-dealkylation sites (tertiary alicyclic amines) is 1. The number of hydrogen-bond acceptors (Lipinski definition) is 4. The number of para-hydroxylation sites is 1. The van der Waals surface area contributed by atoms with Crippen LogP contribution in [0.1, 0.15) is 26.2 Å². The molecule has 1 atom stereocenters. The van der Waals surface area contributed by atoms with Gasteiger partial charge in [0.2, 0.25) is 5.91 Å². The largest absolute Gasteiger partial charge is 0.324 e. The van der Waals surface area contributed by atoms with Crippen molar-refractivity contribution >= 4 is 23.4 Å². The third kappa shape index (κ3) is 5.23. The fourth-order valence-electron chi connectivity index (χ4n) is 3.13. The molecule has 2 N–H and O–H groups in total. The molecule has 1 heterocycles. The maximum absolute atomic E-state index is 12.6. The van der Waals surface area contributed by atoms with E-state index in [0.29, 0.717) is 0 Å². The molecule has 128 valence electrons. The van der Waals surface area contributed by atoms with Gasteiger partial charge in [-0.2, -0.15) is 0 Å². The lowest BCUT2D eigenvalue weighted by Crippen LogP contribution is -2.46. The molecule has 2 rings (SSSR count). The number of nitrogens with zero attached hydrogens (tertiary/aromatic N) is 1. The normalized spacial score (nSPS) is 17.9. The molecule has 1 aromatic carbocycles. The average molecular weight is 336 g/mol. The molecule has 23 heavy (non-hydrogen) atoms. The first-order chi connectivity index (χ1) is 11.2. The van der Waals surface area contributed by atoms with E-state index in [9.17, 15) is 4.79 Å². The van der Waals surface area contributed by atoms with Crippen LogP contribution in [0.25, 0.3) is 0 Å². The summed E-state index contributed by atoms with van der Waals surface area (Å²) in [5.41, 5.74) is 0.917. The summed E-state index contributed by atoms with van der Waals surface area (Å²) < 4.78 is 0. The molecule has 0 spiro atoms. The third-order valence-corrected chi connectivity index (χ3v) is 5.54. The van der Waals surface area contributed by atoms with Crippen LogP contribution in [-0.2, 0) is 4.79 Å². The zero-order valence-electron chi connectivity index (χ0n) is 14.5. The summed E-state index contributed by atoms with van der Waals surface area (Å²) in [6.45, 7) is 5.15. The van der Waals surface area contributed by atoms with Crippen LogP contribution in [0.15, 0.2) is 29.2 Å². The van der Waals surface area contributed by atoms with Gasteiger partial charge in [0, 0.05) is 4.90 Å². The number of carbonyl (C=O) groups is 1. The minimum atomic E-state index is -0.0739. The monoisotopic (exact) mass is 335 g/mol. The van der Waals surface area contributed by atoms with Gasteiger partial charge in [-0.25, -0.2) is 0 Å². The van der Waals surface area contributed by atoms with Crippen LogP contribution in [0, 0.1) is 5.92 Å². The molecule has 5 heteroatoms. The summed E-state index contributed by atoms with van der Waals surface area (Å²) in [5, 5.41) is 6.32. The predicted octanol–water partition coefficient (Wildman–Crippen LogP) is 3.06. The molecule has 4 nitrogen and oxygen atoms in total. The van der Waals surface area contributed by atoms with E-state index in [1.54, 1.807) is 11.8 Å². The Hall–Kier alpha value is -1.04. The second kappa shape index (κ2) is 9.30. The number of amides is 1. The number of piperidine rings is 1. The van der Waals surface area contributed by atoms with E-state index in [-0.39, 0.29) is 11.9 Å². The van der Waals surface area contributed by atoms with Crippen molar-refractivity contribution in [3.8, 4) is 0 Å². The second-order valence-corrected chi connectivity index (χ2v) is 7.09. The van der Waals surface area contributed by atoms with Crippen molar-refractivity contribution in [1.82, 2.24) is 10.2 Å². The van der Waals surface area contributed by atoms with Crippen LogP contribution in [-0.4, -0.2) is 49.8 Å². The number of rotatable bonds is 7. The highest BCUT2D eigenvalue weighted by Crippen LogP contribution is 2.26. The molecule has 1 amide bonds. The lowest BCUT2D eigenvalue weighted by atomic mass is 9.93. The number of anilines is 1. The van der Waals surface area contributed by atoms with Gasteiger partial charge < -0.3 is 10.6 Å². The van der Waals surface area contributed by atoms with Gasteiger partial charge in [-0.1, -0.05) is 12.1 Å². The summed E-state index contributed by atoms with van der Waals surface area (Å²) in [5.74, 6) is 0.895. The first-order valence-corrected chi connectivity index (χ1v) is 9.70. The van der Waals surface area contributed by atoms with E-state index in [4.69, 9.17) is 0 Å². The second-order valence-electron chi connectivity index (χ2n) is 6.24. The summed E-state index contributed by atoms with van der Waals surface area (Å²) in [4.78, 5) is 16.0. The van der Waals surface area contributed by atoms with Crippen LogP contribution in [0.2, 0.25) is 0 Å². The molecular formula is C18H29N3OS. The Kier molecular flexibility index (Phi) is 7.40. The van der Waals surface area contributed by atoms with Crippen molar-refractivity contribution in [1.29, 1.82) is 0 Å². The van der Waals surface area contributed by atoms with Gasteiger partial charge in [0.05, 0.1) is 11.7 Å². The molecule has 1 saturated heterocycles. The van der Waals surface area contributed by atoms with Crippen molar-refractivity contribution in [2.24, 2.45) is 5.92 Å². The van der Waals surface area contributed by atoms with Crippen LogP contribution >= 0.6 is 11.8 Å². The Morgan fingerprint density at radius 2 is 2.04 bits per heavy atom. The lowest BCUT2D eigenvalue weighted by molar-refractivity contribution is -0.121. The minimum Gasteiger partial charge on any atom is -0.324 e. The highest BCUT2D eigenvalue weighted by molar-refractivity contribution is 7.98. The molecule has 0 aromatic heterocycles. The first-order valence-electron chi connectivity index (χ1n) is 8.48. The smallest absolute Gasteiger partial charge is 0.241 e. The van der Waals surface area contributed by atoms with Crippen LogP contribution < -0.4 is 10.6 Å². The zero-order chi connectivity index (χ0) is 16.7. The van der Waals surface area contributed by atoms with E-state index in [1.165, 1.54) is 19.3 Å². The van der Waals surface area contributed by atoms with E-state index in [0.717, 1.165) is 36.1 Å². The number of hydrogen-bond donors (Lipinski definition) is 2. The van der Waals surface area contributed by atoms with Gasteiger partial charge in [-0.3, -0.25) is 9.69 Å². The Bertz CT molecular complexity index is 501. The molecule has 0 bridgehead atoms. The van der Waals surface area contributed by atoms with Gasteiger partial charge in [-0.15, -0.1) is 11.8 Å². The van der Waals surface area contributed by atoms with Gasteiger partial charge in [0.25, 0.3) is 0 Å². The van der Waals surface area contributed by atoms with Gasteiger partial charge in [0.1, 0.15) is 0 Å². The quantitative estimate of drug-likeness (QED) is 0.752. The van der Waals surface area contributed by atoms with Gasteiger partial charge in [0.15, 0.2) is 0 Å². The summed E-state index contributed by atoms with van der Waals surface area (Å²) in [7, 11) is 2.01. The molecule has 1 aromatic rings. The fourth-order valence-corrected chi connectivity index (χ4v) is 3.68. The van der Waals surface area contributed by atoms with Crippen molar-refractivity contribution in [2.45, 2.75) is 37.1 Å². The number of benzene rings is 1. The molecule has 1 aliphatic rings. The standard InChI is InChI=1S/C18H29N3OS/c1-14(21-12-9-15(10-13-21)8-11-19-2)18(22)20-16-6-4-5-7-17(16)23-3/h4-7,14-15,19H,8-13H2,1-3H3,(H,20,22). The van der Waals surface area contributed by atoms with E-state index < -0.39 is 0 Å². The molecule has 0 saturated carbocycles. The Balaban J connectivity index is 1.86. The summed E-state index contributed by atoms with van der Waals surface area (Å²) in [6.07, 6.45) is 5.66. The number of nitrogens with one attached hydrogen (secondary N) is 2. The fraction of sp³-hybridized carbons (Fsp3) is 0.611. The molecule has 0 aliphatic carbocycles. The third-order valence-electron chi connectivity index (χ3n) is 4.74. The average Bonchev–Trinajstić information content (AvgIpc) is 2.60. The van der Waals surface area contributed by atoms with Crippen LogP contribution in [0.5, 0.6) is 0 Å². The Labute approximate surface area is 144 Å². The minimum absolute atomic E-state index is 0.0739. The molecule has 1 unspecified atom stereocenters. The number of thioether (sulfide) groups is 1. The number of carbonyl (C=O) groups excluding carboxylic acids is 1. The molecule has 1 aliphatic heterocycles. The summed E-state index contributed by atoms with van der Waals surface area (Å²) in [6, 6.07) is 7.90. The summed E-state index contributed by atoms with van der Waals surface area (Å²) >= 11 is 1.66. The van der Waals surface area contributed by atoms with Crippen molar-refractivity contribution in [2.75, 3.05) is 38.3 Å². The SMILES string of the molecule is CNCCC1CCN(C(C)C(=O)Nc2ccccc2SC)CC1. The topological polar surface area (TPSA) is 44.4 Å². The maximum Gasteiger partial charge on any atom is 0.241 e. The van der Waals surface area contributed by atoms with E-state index in [2.05, 4.69) is 15.5 Å². The first kappa shape index (κ1) is 18.3. The lowest BCUT2D eigenvalue weighted by Gasteiger charge is -2.35. The Morgan fingerprint density at radius 3 is 2.70 bits per heavy atom. The van der Waals surface area contributed by atoms with Gasteiger partial charge in [-0.05, 0) is 77.2 Å². The van der Waals surface area contributed by atoms with Crippen molar-refractivity contribution in [3.05, 3.63) is 24.3 Å². The highest BCUT2D eigenvalue weighted by atomic mass is 32.2. The van der Waals surface area contributed by atoms with E-state index in [1.807, 2.05) is 44.5 Å². The Morgan fingerprint density at radius 1 is 1.35 bits per heavy atom.